The molecule has 0 aliphatic carbocycles. The van der Waals surface area contributed by atoms with Gasteiger partial charge < -0.3 is 10.2 Å². The van der Waals surface area contributed by atoms with E-state index >= 15 is 0 Å². The van der Waals surface area contributed by atoms with E-state index in [9.17, 15) is 9.59 Å². The highest BCUT2D eigenvalue weighted by molar-refractivity contribution is 5.99. The van der Waals surface area contributed by atoms with Crippen molar-refractivity contribution in [1.29, 1.82) is 0 Å². The molecule has 0 saturated heterocycles. The first-order valence-electron chi connectivity index (χ1n) is 4.40. The fourth-order valence-corrected chi connectivity index (χ4v) is 1.30. The summed E-state index contributed by atoms with van der Waals surface area (Å²) in [6.45, 7) is 1.85. The lowest BCUT2D eigenvalue weighted by Gasteiger charge is -2.18. The van der Waals surface area contributed by atoms with Gasteiger partial charge >= 0.3 is 12.1 Å². The molecule has 0 bridgehead atoms. The van der Waals surface area contributed by atoms with Crippen LogP contribution in [-0.4, -0.2) is 28.8 Å². The van der Waals surface area contributed by atoms with E-state index in [0.717, 1.165) is 4.90 Å². The Bertz CT molecular complexity index is 389. The van der Waals surface area contributed by atoms with Crippen molar-refractivity contribution in [2.45, 2.75) is 6.92 Å². The third-order valence-corrected chi connectivity index (χ3v) is 1.97. The molecule has 0 radical (unpaired) electrons. The molecule has 1 rings (SSSR count). The predicted molar refractivity (Wildman–Crippen MR) is 54.4 cm³/mol. The zero-order valence-electron chi connectivity index (χ0n) is 8.17. The van der Waals surface area contributed by atoms with Crippen LogP contribution in [0.1, 0.15) is 17.3 Å². The van der Waals surface area contributed by atoms with Crippen molar-refractivity contribution in [3.05, 3.63) is 29.8 Å². The monoisotopic (exact) mass is 209 g/mol. The Hall–Kier alpha value is -2.04. The molecule has 0 atom stereocenters. The SMILES string of the molecule is CCN(C(=O)O)c1ccccc1C(=O)O. The Balaban J connectivity index is 3.22. The van der Waals surface area contributed by atoms with Crippen LogP contribution in [0.4, 0.5) is 10.5 Å². The maximum Gasteiger partial charge on any atom is 0.411 e. The van der Waals surface area contributed by atoms with Gasteiger partial charge in [-0.1, -0.05) is 12.1 Å². The minimum atomic E-state index is -1.16. The van der Waals surface area contributed by atoms with Crippen LogP contribution in [0.3, 0.4) is 0 Å². The molecular formula is C10H11NO4. The van der Waals surface area contributed by atoms with Crippen LogP contribution in [-0.2, 0) is 0 Å². The number of carboxylic acids is 1. The summed E-state index contributed by atoms with van der Waals surface area (Å²) in [7, 11) is 0. The normalized spacial score (nSPS) is 9.67. The highest BCUT2D eigenvalue weighted by Crippen LogP contribution is 2.20. The smallest absolute Gasteiger partial charge is 0.411 e. The topological polar surface area (TPSA) is 77.8 Å². The van der Waals surface area contributed by atoms with Crippen molar-refractivity contribution in [3.63, 3.8) is 0 Å². The number of rotatable bonds is 3. The van der Waals surface area contributed by atoms with Crippen LogP contribution >= 0.6 is 0 Å². The van der Waals surface area contributed by atoms with E-state index in [4.69, 9.17) is 10.2 Å². The van der Waals surface area contributed by atoms with Gasteiger partial charge in [0.05, 0.1) is 11.3 Å². The maximum atomic E-state index is 10.8. The Morgan fingerprint density at radius 2 is 1.87 bits per heavy atom. The Morgan fingerprint density at radius 3 is 2.33 bits per heavy atom. The molecule has 5 heteroatoms. The van der Waals surface area contributed by atoms with Crippen molar-refractivity contribution in [2.75, 3.05) is 11.4 Å². The van der Waals surface area contributed by atoms with Gasteiger partial charge in [0, 0.05) is 6.54 Å². The summed E-state index contributed by atoms with van der Waals surface area (Å²) in [4.78, 5) is 22.7. The second kappa shape index (κ2) is 4.45. The fraction of sp³-hybridized carbons (Fsp3) is 0.200. The number of hydrogen-bond acceptors (Lipinski definition) is 2. The van der Waals surface area contributed by atoms with Crippen LogP contribution in [0, 0.1) is 0 Å². The molecule has 2 N–H and O–H groups in total. The first-order valence-corrected chi connectivity index (χ1v) is 4.40. The van der Waals surface area contributed by atoms with Gasteiger partial charge in [-0.25, -0.2) is 9.59 Å². The second-order valence-corrected chi connectivity index (χ2v) is 2.85. The predicted octanol–water partition coefficient (Wildman–Crippen LogP) is 1.89. The molecule has 1 aromatic carbocycles. The molecular weight excluding hydrogens is 198 g/mol. The van der Waals surface area contributed by atoms with Crippen molar-refractivity contribution in [3.8, 4) is 0 Å². The summed E-state index contributed by atoms with van der Waals surface area (Å²) in [6.07, 6.45) is -1.16. The standard InChI is InChI=1S/C10H11NO4/c1-2-11(10(14)15)8-6-4-3-5-7(8)9(12)13/h3-6H,2H2,1H3,(H,12,13)(H,14,15). The molecule has 0 aliphatic heterocycles. The third kappa shape index (κ3) is 2.25. The molecule has 0 aromatic heterocycles. The molecule has 0 unspecified atom stereocenters. The Labute approximate surface area is 86.6 Å². The van der Waals surface area contributed by atoms with E-state index in [1.54, 1.807) is 19.1 Å². The summed E-state index contributed by atoms with van der Waals surface area (Å²) in [5.41, 5.74) is 0.182. The second-order valence-electron chi connectivity index (χ2n) is 2.85. The van der Waals surface area contributed by atoms with E-state index < -0.39 is 12.1 Å². The molecule has 0 heterocycles. The summed E-state index contributed by atoms with van der Waals surface area (Å²) in [6, 6.07) is 6.01. The van der Waals surface area contributed by atoms with Crippen molar-refractivity contribution < 1.29 is 19.8 Å². The molecule has 80 valence electrons. The summed E-state index contributed by atoms with van der Waals surface area (Å²) < 4.78 is 0. The highest BCUT2D eigenvalue weighted by Gasteiger charge is 2.18. The number of hydrogen-bond donors (Lipinski definition) is 2. The van der Waals surface area contributed by atoms with Crippen molar-refractivity contribution in [1.82, 2.24) is 0 Å². The largest absolute Gasteiger partial charge is 0.478 e. The first kappa shape index (κ1) is 11.0. The molecule has 1 aromatic rings. The van der Waals surface area contributed by atoms with E-state index in [1.807, 2.05) is 0 Å². The number of benzene rings is 1. The van der Waals surface area contributed by atoms with Gasteiger partial charge in [0.25, 0.3) is 0 Å². The van der Waals surface area contributed by atoms with Crippen LogP contribution < -0.4 is 4.90 Å². The van der Waals surface area contributed by atoms with E-state index in [1.165, 1.54) is 12.1 Å². The zero-order chi connectivity index (χ0) is 11.4. The summed E-state index contributed by atoms with van der Waals surface area (Å²) >= 11 is 0. The molecule has 0 spiro atoms. The van der Waals surface area contributed by atoms with Crippen molar-refractivity contribution >= 4 is 17.7 Å². The lowest BCUT2D eigenvalue weighted by molar-refractivity contribution is 0.0697. The molecule has 1 amide bonds. The fourth-order valence-electron chi connectivity index (χ4n) is 1.30. The lowest BCUT2D eigenvalue weighted by Crippen LogP contribution is -2.30. The minimum absolute atomic E-state index is 0.0123. The zero-order valence-corrected chi connectivity index (χ0v) is 8.17. The van der Waals surface area contributed by atoms with Crippen LogP contribution in [0.5, 0.6) is 0 Å². The highest BCUT2D eigenvalue weighted by atomic mass is 16.4. The van der Waals surface area contributed by atoms with E-state index in [2.05, 4.69) is 0 Å². The van der Waals surface area contributed by atoms with Gasteiger partial charge in [-0.15, -0.1) is 0 Å². The number of nitrogens with zero attached hydrogens (tertiary/aromatic N) is 1. The van der Waals surface area contributed by atoms with Crippen molar-refractivity contribution in [2.24, 2.45) is 0 Å². The number of amides is 1. The number of carbonyl (C=O) groups is 2. The maximum absolute atomic E-state index is 10.8. The average molecular weight is 209 g/mol. The summed E-state index contributed by atoms with van der Waals surface area (Å²) in [5, 5.41) is 17.7. The molecule has 15 heavy (non-hydrogen) atoms. The van der Waals surface area contributed by atoms with Gasteiger partial charge in [-0.05, 0) is 19.1 Å². The molecule has 5 nitrogen and oxygen atoms in total. The van der Waals surface area contributed by atoms with Gasteiger partial charge in [0.2, 0.25) is 0 Å². The lowest BCUT2D eigenvalue weighted by atomic mass is 10.1. The van der Waals surface area contributed by atoms with Gasteiger partial charge in [-0.3, -0.25) is 4.90 Å². The number of para-hydroxylation sites is 1. The Morgan fingerprint density at radius 1 is 1.27 bits per heavy atom. The molecule has 0 fully saturated rings. The van der Waals surface area contributed by atoms with Crippen LogP contribution in [0.15, 0.2) is 24.3 Å². The Kier molecular flexibility index (Phi) is 3.28. The van der Waals surface area contributed by atoms with E-state index in [0.29, 0.717) is 0 Å². The first-order chi connectivity index (χ1) is 7.07. The minimum Gasteiger partial charge on any atom is -0.478 e. The van der Waals surface area contributed by atoms with Crippen LogP contribution in [0.2, 0.25) is 0 Å². The third-order valence-electron chi connectivity index (χ3n) is 1.97. The summed E-state index contributed by atoms with van der Waals surface area (Å²) in [5.74, 6) is -1.13. The molecule has 0 aliphatic rings. The van der Waals surface area contributed by atoms with Gasteiger partial charge in [0.1, 0.15) is 0 Å². The van der Waals surface area contributed by atoms with Crippen LogP contribution in [0.25, 0.3) is 0 Å². The average Bonchev–Trinajstić information content (AvgIpc) is 2.18. The van der Waals surface area contributed by atoms with Gasteiger partial charge in [0.15, 0.2) is 0 Å². The van der Waals surface area contributed by atoms with E-state index in [-0.39, 0.29) is 17.8 Å². The number of aromatic carboxylic acids is 1. The molecule has 0 saturated carbocycles. The number of carboxylic acid groups (broad SMARTS) is 2. The number of anilines is 1. The quantitative estimate of drug-likeness (QED) is 0.796. The van der Waals surface area contributed by atoms with Gasteiger partial charge in [-0.2, -0.15) is 0 Å².